The summed E-state index contributed by atoms with van der Waals surface area (Å²) in [6, 6.07) is 2.83. The van der Waals surface area contributed by atoms with E-state index in [0.717, 1.165) is 37.4 Å². The first kappa shape index (κ1) is 16.2. The van der Waals surface area contributed by atoms with Crippen molar-refractivity contribution in [3.63, 3.8) is 0 Å². The van der Waals surface area contributed by atoms with E-state index in [2.05, 4.69) is 4.43 Å². The van der Waals surface area contributed by atoms with E-state index in [9.17, 15) is 13.2 Å². The molecule has 0 aliphatic carbocycles. The van der Waals surface area contributed by atoms with Crippen LogP contribution in [0.2, 0.25) is 6.04 Å². The van der Waals surface area contributed by atoms with E-state index in [4.69, 9.17) is 10.2 Å². The van der Waals surface area contributed by atoms with Crippen molar-refractivity contribution in [3.05, 3.63) is 35.1 Å². The van der Waals surface area contributed by atoms with Gasteiger partial charge in [-0.1, -0.05) is 12.8 Å². The number of rotatable bonds is 8. The lowest BCUT2D eigenvalue weighted by atomic mass is 10.1. The lowest BCUT2D eigenvalue weighted by Crippen LogP contribution is -2.12. The monoisotopic (exact) mass is 294 g/mol. The number of hydrogen-bond acceptors (Lipinski definition) is 3. The lowest BCUT2D eigenvalue weighted by molar-refractivity contribution is -0.180. The van der Waals surface area contributed by atoms with Crippen molar-refractivity contribution in [1.82, 2.24) is 0 Å². The zero-order valence-corrected chi connectivity index (χ0v) is 11.8. The van der Waals surface area contributed by atoms with Crippen LogP contribution in [-0.4, -0.2) is 26.5 Å². The molecular weight excluding hydrogens is 277 g/mol. The molecule has 0 unspecified atom stereocenters. The predicted octanol–water partition coefficient (Wildman–Crippen LogP) is 1.60. The standard InChI is InChI=1S/C12H17F3O3Si/c13-9-6-8(7-10(14)11(9)15)4-2-1-3-5-19-18-12(16)17/h6-7,12,16-17H,1-5,19H2. The SMILES string of the molecule is OC(O)O[SiH2]CCCCCc1cc(F)c(F)c(F)c1. The lowest BCUT2D eigenvalue weighted by Gasteiger charge is -2.05. The fourth-order valence-corrected chi connectivity index (χ4v) is 2.66. The fourth-order valence-electron chi connectivity index (χ4n) is 1.73. The van der Waals surface area contributed by atoms with Crippen molar-refractivity contribution in [2.45, 2.75) is 38.2 Å². The molecule has 1 aromatic carbocycles. The van der Waals surface area contributed by atoms with Crippen molar-refractivity contribution in [1.29, 1.82) is 0 Å². The third-order valence-electron chi connectivity index (χ3n) is 2.67. The number of benzene rings is 1. The normalized spacial score (nSPS) is 11.9. The molecule has 19 heavy (non-hydrogen) atoms. The molecular formula is C12H17F3O3Si. The molecule has 0 aliphatic rings. The van der Waals surface area contributed by atoms with Gasteiger partial charge in [0.15, 0.2) is 27.2 Å². The van der Waals surface area contributed by atoms with Crippen LogP contribution in [-0.2, 0) is 10.8 Å². The smallest absolute Gasteiger partial charge is 0.256 e. The Balaban J connectivity index is 2.19. The summed E-state index contributed by atoms with van der Waals surface area (Å²) in [6.45, 7) is -1.68. The van der Waals surface area contributed by atoms with Gasteiger partial charge in [-0.2, -0.15) is 0 Å². The van der Waals surface area contributed by atoms with Gasteiger partial charge in [0.1, 0.15) is 0 Å². The Kier molecular flexibility index (Phi) is 7.07. The second-order valence-electron chi connectivity index (χ2n) is 4.23. The minimum atomic E-state index is -1.68. The molecule has 0 amide bonds. The van der Waals surface area contributed by atoms with Crippen molar-refractivity contribution >= 4 is 9.76 Å². The average molecular weight is 294 g/mol. The Morgan fingerprint density at radius 3 is 2.26 bits per heavy atom. The van der Waals surface area contributed by atoms with E-state index in [1.54, 1.807) is 0 Å². The van der Waals surface area contributed by atoms with E-state index < -0.39 is 33.7 Å². The van der Waals surface area contributed by atoms with Crippen LogP contribution in [0.25, 0.3) is 0 Å². The molecule has 0 heterocycles. The molecule has 3 nitrogen and oxygen atoms in total. The van der Waals surface area contributed by atoms with Crippen LogP contribution in [0, 0.1) is 17.5 Å². The van der Waals surface area contributed by atoms with E-state index in [1.165, 1.54) is 0 Å². The second-order valence-corrected chi connectivity index (χ2v) is 5.68. The Morgan fingerprint density at radius 2 is 1.68 bits per heavy atom. The third-order valence-corrected chi connectivity index (χ3v) is 3.99. The second kappa shape index (κ2) is 8.31. The molecule has 7 heteroatoms. The molecule has 0 aliphatic heterocycles. The van der Waals surface area contributed by atoms with Gasteiger partial charge >= 0.3 is 0 Å². The minimum absolute atomic E-state index is 0.440. The van der Waals surface area contributed by atoms with Crippen molar-refractivity contribution in [2.24, 2.45) is 0 Å². The number of aliphatic hydroxyl groups excluding tert-OH is 1. The van der Waals surface area contributed by atoms with Crippen LogP contribution in [0.3, 0.4) is 0 Å². The highest BCUT2D eigenvalue weighted by Gasteiger charge is 2.10. The van der Waals surface area contributed by atoms with Gasteiger partial charge in [0.2, 0.25) is 0 Å². The summed E-state index contributed by atoms with van der Waals surface area (Å²) in [4.78, 5) is 0. The quantitative estimate of drug-likeness (QED) is 0.331. The van der Waals surface area contributed by atoms with Gasteiger partial charge in [-0.25, -0.2) is 13.2 Å². The number of halogens is 3. The zero-order valence-electron chi connectivity index (χ0n) is 10.4. The Labute approximate surface area is 112 Å². The van der Waals surface area contributed by atoms with Gasteiger partial charge in [-0.05, 0) is 36.6 Å². The van der Waals surface area contributed by atoms with Crippen LogP contribution < -0.4 is 0 Å². The highest BCUT2D eigenvalue weighted by molar-refractivity contribution is 6.26. The van der Waals surface area contributed by atoms with Crippen LogP contribution in [0.4, 0.5) is 13.2 Å². The van der Waals surface area contributed by atoms with Gasteiger partial charge in [-0.3, -0.25) is 0 Å². The van der Waals surface area contributed by atoms with E-state index >= 15 is 0 Å². The van der Waals surface area contributed by atoms with Crippen LogP contribution in [0.5, 0.6) is 0 Å². The molecule has 0 bridgehead atoms. The van der Waals surface area contributed by atoms with Crippen molar-refractivity contribution < 1.29 is 27.8 Å². The fraction of sp³-hybridized carbons (Fsp3) is 0.500. The molecule has 1 aromatic rings. The maximum absolute atomic E-state index is 12.9. The number of unbranched alkanes of at least 4 members (excludes halogenated alkanes) is 2. The van der Waals surface area contributed by atoms with Crippen LogP contribution in [0.15, 0.2) is 12.1 Å². The molecule has 1 rings (SSSR count). The maximum atomic E-state index is 12.9. The molecule has 0 fully saturated rings. The summed E-state index contributed by atoms with van der Waals surface area (Å²) < 4.78 is 43.2. The van der Waals surface area contributed by atoms with E-state index in [-0.39, 0.29) is 0 Å². The average Bonchev–Trinajstić information content (AvgIpc) is 2.34. The topological polar surface area (TPSA) is 49.7 Å². The van der Waals surface area contributed by atoms with Gasteiger partial charge in [0.05, 0.1) is 0 Å². The summed E-state index contributed by atoms with van der Waals surface area (Å²) >= 11 is 0. The first-order chi connectivity index (χ1) is 9.00. The molecule has 0 aromatic heterocycles. The summed E-state index contributed by atoms with van der Waals surface area (Å²) in [6.07, 6.45) is 2.93. The maximum Gasteiger partial charge on any atom is 0.256 e. The summed E-state index contributed by atoms with van der Waals surface area (Å²) in [7, 11) is -0.915. The molecule has 0 atom stereocenters. The highest BCUT2D eigenvalue weighted by atomic mass is 28.2. The largest absolute Gasteiger partial charge is 0.379 e. The summed E-state index contributed by atoms with van der Waals surface area (Å²) in [5.74, 6) is -3.75. The number of aliphatic hydroxyl groups is 2. The molecule has 0 radical (unpaired) electrons. The van der Waals surface area contributed by atoms with Gasteiger partial charge in [0.25, 0.3) is 6.48 Å². The number of hydrogen-bond donors (Lipinski definition) is 2. The Bertz CT molecular complexity index is 379. The van der Waals surface area contributed by atoms with Gasteiger partial charge in [0, 0.05) is 0 Å². The molecule has 108 valence electrons. The van der Waals surface area contributed by atoms with Gasteiger partial charge in [-0.15, -0.1) is 0 Å². The van der Waals surface area contributed by atoms with Gasteiger partial charge < -0.3 is 14.6 Å². The Morgan fingerprint density at radius 1 is 1.05 bits per heavy atom. The molecule has 0 spiro atoms. The highest BCUT2D eigenvalue weighted by Crippen LogP contribution is 2.16. The van der Waals surface area contributed by atoms with E-state index in [1.807, 2.05) is 0 Å². The van der Waals surface area contributed by atoms with Crippen LogP contribution in [0.1, 0.15) is 24.8 Å². The first-order valence-corrected chi connectivity index (χ1v) is 7.69. The van der Waals surface area contributed by atoms with Crippen LogP contribution >= 0.6 is 0 Å². The zero-order chi connectivity index (χ0) is 14.3. The third kappa shape index (κ3) is 6.19. The Hall–Kier alpha value is -0.893. The summed E-state index contributed by atoms with van der Waals surface area (Å²) in [5, 5.41) is 16.9. The molecule has 0 saturated carbocycles. The first-order valence-electron chi connectivity index (χ1n) is 6.12. The molecule has 0 saturated heterocycles. The minimum Gasteiger partial charge on any atom is -0.379 e. The van der Waals surface area contributed by atoms with Crippen molar-refractivity contribution in [2.75, 3.05) is 0 Å². The molecule has 2 N–H and O–H groups in total. The number of aryl methyl sites for hydroxylation is 1. The van der Waals surface area contributed by atoms with Crippen molar-refractivity contribution in [3.8, 4) is 0 Å². The van der Waals surface area contributed by atoms with E-state index in [0.29, 0.717) is 12.0 Å². The summed E-state index contributed by atoms with van der Waals surface area (Å²) in [5.41, 5.74) is 0.440. The predicted molar refractivity (Wildman–Crippen MR) is 66.5 cm³/mol.